The molecule has 1 aliphatic rings. The topological polar surface area (TPSA) is 36.4 Å². The Morgan fingerprint density at radius 2 is 2.42 bits per heavy atom. The van der Waals surface area contributed by atoms with E-state index in [-0.39, 0.29) is 6.10 Å². The molecule has 2 rings (SSSR count). The third-order valence-corrected chi connectivity index (χ3v) is 4.88. The van der Waals surface area contributed by atoms with Crippen molar-refractivity contribution in [2.45, 2.75) is 51.2 Å². The number of hydrogen-bond acceptors (Lipinski definition) is 4. The average molecular weight is 280 g/mol. The lowest BCUT2D eigenvalue weighted by Gasteiger charge is -2.32. The lowest BCUT2D eigenvalue weighted by molar-refractivity contribution is 0.0936. The number of rotatable bonds is 6. The molecule has 1 aromatic rings. The SMILES string of the molecule is C=CCCC(O)CN(C)C1CCCc2nc(C)sc21. The van der Waals surface area contributed by atoms with Crippen LogP contribution in [0.4, 0.5) is 0 Å². The van der Waals surface area contributed by atoms with Crippen molar-refractivity contribution in [3.8, 4) is 0 Å². The van der Waals surface area contributed by atoms with Gasteiger partial charge in [0.2, 0.25) is 0 Å². The van der Waals surface area contributed by atoms with Crippen molar-refractivity contribution in [2.24, 2.45) is 0 Å². The molecule has 1 aromatic heterocycles. The molecule has 0 bridgehead atoms. The molecular weight excluding hydrogens is 256 g/mol. The van der Waals surface area contributed by atoms with Crippen molar-refractivity contribution in [3.05, 3.63) is 28.2 Å². The number of allylic oxidation sites excluding steroid dienone is 1. The molecule has 0 aliphatic heterocycles. The molecule has 0 saturated carbocycles. The van der Waals surface area contributed by atoms with Gasteiger partial charge in [-0.15, -0.1) is 17.9 Å². The molecule has 1 heterocycles. The molecule has 0 spiro atoms. The van der Waals surface area contributed by atoms with E-state index in [1.165, 1.54) is 23.4 Å². The molecule has 4 heteroatoms. The summed E-state index contributed by atoms with van der Waals surface area (Å²) in [4.78, 5) is 8.34. The van der Waals surface area contributed by atoms with E-state index in [1.54, 1.807) is 0 Å². The second-order valence-electron chi connectivity index (χ2n) is 5.41. The van der Waals surface area contributed by atoms with Crippen LogP contribution in [0.25, 0.3) is 0 Å². The zero-order valence-corrected chi connectivity index (χ0v) is 12.7. The highest BCUT2D eigenvalue weighted by Crippen LogP contribution is 2.37. The van der Waals surface area contributed by atoms with Crippen LogP contribution in [0.3, 0.4) is 0 Å². The molecule has 0 radical (unpaired) electrons. The highest BCUT2D eigenvalue weighted by Gasteiger charge is 2.27. The van der Waals surface area contributed by atoms with Crippen molar-refractivity contribution >= 4 is 11.3 Å². The third kappa shape index (κ3) is 3.65. The van der Waals surface area contributed by atoms with Crippen LogP contribution in [-0.4, -0.2) is 34.7 Å². The number of aryl methyl sites for hydroxylation is 2. The van der Waals surface area contributed by atoms with Gasteiger partial charge in [0.05, 0.1) is 16.8 Å². The number of aliphatic hydroxyl groups is 1. The number of aromatic nitrogens is 1. The maximum atomic E-state index is 10.0. The Hall–Kier alpha value is -0.710. The van der Waals surface area contributed by atoms with Crippen LogP contribution in [0.2, 0.25) is 0 Å². The summed E-state index contributed by atoms with van der Waals surface area (Å²) in [6.45, 7) is 6.52. The van der Waals surface area contributed by atoms with E-state index in [2.05, 4.69) is 30.4 Å². The van der Waals surface area contributed by atoms with Gasteiger partial charge in [-0.2, -0.15) is 0 Å². The maximum absolute atomic E-state index is 10.0. The summed E-state index contributed by atoms with van der Waals surface area (Å²) in [5.74, 6) is 0. The van der Waals surface area contributed by atoms with Crippen LogP contribution < -0.4 is 0 Å². The van der Waals surface area contributed by atoms with Crippen LogP contribution in [0.1, 0.15) is 47.3 Å². The summed E-state index contributed by atoms with van der Waals surface area (Å²) in [6.07, 6.45) is 6.78. The molecule has 19 heavy (non-hydrogen) atoms. The summed E-state index contributed by atoms with van der Waals surface area (Å²) in [6, 6.07) is 0.438. The van der Waals surface area contributed by atoms with Crippen molar-refractivity contribution in [3.63, 3.8) is 0 Å². The van der Waals surface area contributed by atoms with Gasteiger partial charge in [0.25, 0.3) is 0 Å². The monoisotopic (exact) mass is 280 g/mol. The van der Waals surface area contributed by atoms with E-state index in [4.69, 9.17) is 0 Å². The largest absolute Gasteiger partial charge is 0.392 e. The summed E-state index contributed by atoms with van der Waals surface area (Å²) in [7, 11) is 2.12. The fourth-order valence-electron chi connectivity index (χ4n) is 2.80. The minimum atomic E-state index is -0.262. The van der Waals surface area contributed by atoms with E-state index >= 15 is 0 Å². The number of fused-ring (bicyclic) bond motifs is 1. The standard InChI is InChI=1S/C15H24N2OS/c1-4-5-7-12(18)10-17(3)14-9-6-8-13-15(14)19-11(2)16-13/h4,12,14,18H,1,5-10H2,2-3H3. The van der Waals surface area contributed by atoms with E-state index in [9.17, 15) is 5.11 Å². The van der Waals surface area contributed by atoms with E-state index < -0.39 is 0 Å². The first-order chi connectivity index (χ1) is 9.11. The first-order valence-electron chi connectivity index (χ1n) is 7.07. The Bertz CT molecular complexity index is 430. The van der Waals surface area contributed by atoms with Gasteiger partial charge in [0, 0.05) is 17.5 Å². The van der Waals surface area contributed by atoms with E-state index in [0.717, 1.165) is 30.8 Å². The molecule has 0 aromatic carbocycles. The second-order valence-corrected chi connectivity index (χ2v) is 6.65. The Balaban J connectivity index is 2.00. The van der Waals surface area contributed by atoms with Crippen molar-refractivity contribution < 1.29 is 5.11 Å². The summed E-state index contributed by atoms with van der Waals surface area (Å²) < 4.78 is 0. The van der Waals surface area contributed by atoms with Gasteiger partial charge in [0.15, 0.2) is 0 Å². The van der Waals surface area contributed by atoms with Crippen LogP contribution >= 0.6 is 11.3 Å². The first-order valence-corrected chi connectivity index (χ1v) is 7.89. The number of hydrogen-bond donors (Lipinski definition) is 1. The predicted octanol–water partition coefficient (Wildman–Crippen LogP) is 3.09. The molecule has 0 amide bonds. The quantitative estimate of drug-likeness (QED) is 0.814. The van der Waals surface area contributed by atoms with Crippen LogP contribution in [0.15, 0.2) is 12.7 Å². The smallest absolute Gasteiger partial charge is 0.0900 e. The van der Waals surface area contributed by atoms with Crippen molar-refractivity contribution in [1.29, 1.82) is 0 Å². The number of likely N-dealkylation sites (N-methyl/N-ethyl adjacent to an activating group) is 1. The van der Waals surface area contributed by atoms with Gasteiger partial charge in [-0.3, -0.25) is 4.90 Å². The third-order valence-electron chi connectivity index (χ3n) is 3.76. The lowest BCUT2D eigenvalue weighted by Crippen LogP contribution is -2.33. The normalized spacial score (nSPS) is 20.3. The van der Waals surface area contributed by atoms with E-state index in [0.29, 0.717) is 6.04 Å². The lowest BCUT2D eigenvalue weighted by atomic mass is 9.96. The second kappa shape index (κ2) is 6.64. The summed E-state index contributed by atoms with van der Waals surface area (Å²) in [5.41, 5.74) is 1.28. The molecule has 1 N–H and O–H groups in total. The van der Waals surface area contributed by atoms with Crippen LogP contribution in [-0.2, 0) is 6.42 Å². The minimum Gasteiger partial charge on any atom is -0.392 e. The Labute approximate surface area is 120 Å². The Morgan fingerprint density at radius 1 is 1.63 bits per heavy atom. The summed E-state index contributed by atoms with van der Waals surface area (Å²) >= 11 is 1.82. The Morgan fingerprint density at radius 3 is 3.16 bits per heavy atom. The zero-order chi connectivity index (χ0) is 13.8. The fourth-order valence-corrected chi connectivity index (χ4v) is 3.97. The Kier molecular flexibility index (Phi) is 5.13. The summed E-state index contributed by atoms with van der Waals surface area (Å²) in [5, 5.41) is 11.2. The zero-order valence-electron chi connectivity index (χ0n) is 11.9. The van der Waals surface area contributed by atoms with Crippen molar-refractivity contribution in [2.75, 3.05) is 13.6 Å². The molecule has 0 fully saturated rings. The highest BCUT2D eigenvalue weighted by molar-refractivity contribution is 7.11. The molecule has 2 unspecified atom stereocenters. The first kappa shape index (κ1) is 14.7. The van der Waals surface area contributed by atoms with Crippen LogP contribution in [0.5, 0.6) is 0 Å². The maximum Gasteiger partial charge on any atom is 0.0900 e. The number of nitrogens with zero attached hydrogens (tertiary/aromatic N) is 2. The van der Waals surface area contributed by atoms with Crippen molar-refractivity contribution in [1.82, 2.24) is 9.88 Å². The molecule has 106 valence electrons. The molecule has 3 nitrogen and oxygen atoms in total. The molecule has 2 atom stereocenters. The fraction of sp³-hybridized carbons (Fsp3) is 0.667. The predicted molar refractivity (Wildman–Crippen MR) is 80.6 cm³/mol. The van der Waals surface area contributed by atoms with Gasteiger partial charge in [-0.1, -0.05) is 6.08 Å². The number of aliphatic hydroxyl groups excluding tert-OH is 1. The average Bonchev–Trinajstić information content (AvgIpc) is 2.75. The van der Waals surface area contributed by atoms with Gasteiger partial charge in [0.1, 0.15) is 0 Å². The highest BCUT2D eigenvalue weighted by atomic mass is 32.1. The molecular formula is C15H24N2OS. The number of thiazole rings is 1. The van der Waals surface area contributed by atoms with Crippen LogP contribution in [0, 0.1) is 6.92 Å². The van der Waals surface area contributed by atoms with Gasteiger partial charge < -0.3 is 5.11 Å². The van der Waals surface area contributed by atoms with E-state index in [1.807, 2.05) is 17.4 Å². The van der Waals surface area contributed by atoms with Gasteiger partial charge >= 0.3 is 0 Å². The molecule has 1 aliphatic carbocycles. The van der Waals surface area contributed by atoms with Gasteiger partial charge in [-0.05, 0) is 46.1 Å². The molecule has 0 saturated heterocycles. The minimum absolute atomic E-state index is 0.262. The van der Waals surface area contributed by atoms with Gasteiger partial charge in [-0.25, -0.2) is 4.98 Å².